The third-order valence-electron chi connectivity index (χ3n) is 3.74. The Morgan fingerprint density at radius 1 is 1.48 bits per heavy atom. The average molecular weight is 304 g/mol. The number of rotatable bonds is 4. The van der Waals surface area contributed by atoms with Crippen molar-refractivity contribution in [1.82, 2.24) is 9.88 Å². The number of aryl methyl sites for hydroxylation is 1. The monoisotopic (exact) mass is 304 g/mol. The van der Waals surface area contributed by atoms with Gasteiger partial charge in [-0.2, -0.15) is 0 Å². The van der Waals surface area contributed by atoms with Gasteiger partial charge in [0.15, 0.2) is 0 Å². The van der Waals surface area contributed by atoms with Gasteiger partial charge in [-0.3, -0.25) is 4.90 Å². The Morgan fingerprint density at radius 2 is 2.38 bits per heavy atom. The molecule has 0 radical (unpaired) electrons. The molecule has 5 heteroatoms. The zero-order valence-corrected chi connectivity index (χ0v) is 13.2. The summed E-state index contributed by atoms with van der Waals surface area (Å²) in [5, 5.41) is 3.25. The minimum Gasteiger partial charge on any atom is -0.497 e. The van der Waals surface area contributed by atoms with E-state index in [0.29, 0.717) is 6.61 Å². The molecular formula is C16H20N2O2S. The van der Waals surface area contributed by atoms with Crippen LogP contribution < -0.4 is 4.74 Å². The van der Waals surface area contributed by atoms with Crippen LogP contribution in [0, 0.1) is 6.92 Å². The van der Waals surface area contributed by atoms with Gasteiger partial charge in [-0.1, -0.05) is 12.1 Å². The summed E-state index contributed by atoms with van der Waals surface area (Å²) >= 11 is 1.70. The van der Waals surface area contributed by atoms with Gasteiger partial charge >= 0.3 is 0 Å². The second kappa shape index (κ2) is 6.56. The molecule has 2 aromatic rings. The highest BCUT2D eigenvalue weighted by atomic mass is 32.1. The first-order chi connectivity index (χ1) is 10.3. The van der Waals surface area contributed by atoms with E-state index in [4.69, 9.17) is 9.47 Å². The van der Waals surface area contributed by atoms with Crippen LogP contribution in [0.25, 0.3) is 0 Å². The highest BCUT2D eigenvalue weighted by molar-refractivity contribution is 7.09. The standard InChI is InChI=1S/C16H20N2O2S/c1-12-17-15(11-21-12)16-10-20-7-6-18(16)9-13-4-3-5-14(8-13)19-2/h3-5,8,11,16H,6-7,9-10H2,1-2H3/t16-/m0/s1. The number of nitrogens with zero attached hydrogens (tertiary/aromatic N) is 2. The summed E-state index contributed by atoms with van der Waals surface area (Å²) in [6.07, 6.45) is 0. The van der Waals surface area contributed by atoms with E-state index in [1.54, 1.807) is 18.4 Å². The van der Waals surface area contributed by atoms with E-state index in [1.165, 1.54) is 5.56 Å². The molecule has 1 aliphatic heterocycles. The summed E-state index contributed by atoms with van der Waals surface area (Å²) in [6, 6.07) is 8.50. The zero-order valence-electron chi connectivity index (χ0n) is 12.4. The third kappa shape index (κ3) is 3.43. The second-order valence-electron chi connectivity index (χ2n) is 5.20. The van der Waals surface area contributed by atoms with Crippen LogP contribution in [-0.4, -0.2) is 36.8 Å². The molecule has 21 heavy (non-hydrogen) atoms. The fourth-order valence-electron chi connectivity index (χ4n) is 2.64. The maximum atomic E-state index is 5.66. The smallest absolute Gasteiger partial charge is 0.119 e. The Labute approximate surface area is 129 Å². The average Bonchev–Trinajstić information content (AvgIpc) is 2.94. The van der Waals surface area contributed by atoms with Crippen LogP contribution >= 0.6 is 11.3 Å². The summed E-state index contributed by atoms with van der Waals surface area (Å²) in [5.41, 5.74) is 2.38. The Balaban J connectivity index is 1.77. The molecule has 1 atom stereocenters. The van der Waals surface area contributed by atoms with Gasteiger partial charge in [0, 0.05) is 18.5 Å². The molecular weight excluding hydrogens is 284 g/mol. The molecule has 0 bridgehead atoms. The van der Waals surface area contributed by atoms with Gasteiger partial charge in [-0.25, -0.2) is 4.98 Å². The molecule has 0 amide bonds. The molecule has 1 aromatic carbocycles. The van der Waals surface area contributed by atoms with Gasteiger partial charge in [0.1, 0.15) is 5.75 Å². The fraction of sp³-hybridized carbons (Fsp3) is 0.438. The minimum atomic E-state index is 0.245. The summed E-state index contributed by atoms with van der Waals surface area (Å²) in [7, 11) is 1.70. The quantitative estimate of drug-likeness (QED) is 0.869. The summed E-state index contributed by atoms with van der Waals surface area (Å²) < 4.78 is 11.0. The Bertz CT molecular complexity index is 599. The van der Waals surface area contributed by atoms with E-state index in [1.807, 2.05) is 19.1 Å². The van der Waals surface area contributed by atoms with E-state index in [9.17, 15) is 0 Å². The van der Waals surface area contributed by atoms with Crippen LogP contribution in [0.15, 0.2) is 29.6 Å². The molecule has 3 rings (SSSR count). The van der Waals surface area contributed by atoms with Crippen LogP contribution in [0.4, 0.5) is 0 Å². The molecule has 1 aromatic heterocycles. The lowest BCUT2D eigenvalue weighted by molar-refractivity contribution is -0.0140. The van der Waals surface area contributed by atoms with Crippen molar-refractivity contribution in [3.05, 3.63) is 45.9 Å². The van der Waals surface area contributed by atoms with Crippen molar-refractivity contribution in [2.75, 3.05) is 26.9 Å². The molecule has 0 unspecified atom stereocenters. The molecule has 1 aliphatic rings. The van der Waals surface area contributed by atoms with Crippen molar-refractivity contribution < 1.29 is 9.47 Å². The van der Waals surface area contributed by atoms with E-state index in [0.717, 1.165) is 36.1 Å². The Kier molecular flexibility index (Phi) is 4.53. The first kappa shape index (κ1) is 14.5. The van der Waals surface area contributed by atoms with Gasteiger partial charge in [-0.05, 0) is 24.6 Å². The highest BCUT2D eigenvalue weighted by Gasteiger charge is 2.26. The van der Waals surface area contributed by atoms with Gasteiger partial charge in [0.25, 0.3) is 0 Å². The van der Waals surface area contributed by atoms with Crippen LogP contribution in [0.3, 0.4) is 0 Å². The van der Waals surface area contributed by atoms with Crippen LogP contribution in [0.1, 0.15) is 22.3 Å². The minimum absolute atomic E-state index is 0.245. The topological polar surface area (TPSA) is 34.6 Å². The third-order valence-corrected chi connectivity index (χ3v) is 4.53. The number of methoxy groups -OCH3 is 1. The van der Waals surface area contributed by atoms with Crippen LogP contribution in [-0.2, 0) is 11.3 Å². The second-order valence-corrected chi connectivity index (χ2v) is 6.27. The molecule has 0 N–H and O–H groups in total. The molecule has 1 fully saturated rings. The van der Waals surface area contributed by atoms with E-state index >= 15 is 0 Å². The lowest BCUT2D eigenvalue weighted by atomic mass is 10.1. The number of aromatic nitrogens is 1. The van der Waals surface area contributed by atoms with Gasteiger partial charge in [0.2, 0.25) is 0 Å². The molecule has 0 spiro atoms. The molecule has 4 nitrogen and oxygen atoms in total. The normalized spacial score (nSPS) is 19.6. The SMILES string of the molecule is COc1cccc(CN2CCOC[C@H]2c2csc(C)n2)c1. The Morgan fingerprint density at radius 3 is 3.14 bits per heavy atom. The maximum Gasteiger partial charge on any atom is 0.119 e. The summed E-state index contributed by atoms with van der Waals surface area (Å²) in [6.45, 7) is 5.36. The molecule has 112 valence electrons. The number of benzene rings is 1. The molecule has 1 saturated heterocycles. The van der Waals surface area contributed by atoms with Gasteiger partial charge in [0.05, 0.1) is 37.1 Å². The van der Waals surface area contributed by atoms with Crippen LogP contribution in [0.2, 0.25) is 0 Å². The molecule has 0 aliphatic carbocycles. The van der Waals surface area contributed by atoms with Crippen molar-refractivity contribution in [1.29, 1.82) is 0 Å². The Hall–Kier alpha value is -1.43. The van der Waals surface area contributed by atoms with Crippen molar-refractivity contribution in [3.8, 4) is 5.75 Å². The number of thiazole rings is 1. The van der Waals surface area contributed by atoms with E-state index in [2.05, 4.69) is 27.4 Å². The summed E-state index contributed by atoms with van der Waals surface area (Å²) in [4.78, 5) is 7.07. The lowest BCUT2D eigenvalue weighted by Crippen LogP contribution is -2.39. The predicted molar refractivity (Wildman–Crippen MR) is 83.8 cm³/mol. The first-order valence-electron chi connectivity index (χ1n) is 7.13. The largest absolute Gasteiger partial charge is 0.497 e. The maximum absolute atomic E-state index is 5.66. The number of morpholine rings is 1. The van der Waals surface area contributed by atoms with Crippen molar-refractivity contribution in [2.24, 2.45) is 0 Å². The lowest BCUT2D eigenvalue weighted by Gasteiger charge is -2.34. The number of ether oxygens (including phenoxy) is 2. The molecule has 2 heterocycles. The first-order valence-corrected chi connectivity index (χ1v) is 8.01. The molecule has 0 saturated carbocycles. The highest BCUT2D eigenvalue weighted by Crippen LogP contribution is 2.27. The number of hydrogen-bond acceptors (Lipinski definition) is 5. The number of hydrogen-bond donors (Lipinski definition) is 0. The zero-order chi connectivity index (χ0) is 14.7. The van der Waals surface area contributed by atoms with Crippen molar-refractivity contribution in [3.63, 3.8) is 0 Å². The van der Waals surface area contributed by atoms with Gasteiger partial charge < -0.3 is 9.47 Å². The predicted octanol–water partition coefficient (Wildman–Crippen LogP) is 3.03. The van der Waals surface area contributed by atoms with Crippen molar-refractivity contribution in [2.45, 2.75) is 19.5 Å². The van der Waals surface area contributed by atoms with Gasteiger partial charge in [-0.15, -0.1) is 11.3 Å². The van der Waals surface area contributed by atoms with E-state index in [-0.39, 0.29) is 6.04 Å². The summed E-state index contributed by atoms with van der Waals surface area (Å²) in [5.74, 6) is 0.904. The van der Waals surface area contributed by atoms with Crippen LogP contribution in [0.5, 0.6) is 5.75 Å². The van der Waals surface area contributed by atoms with E-state index < -0.39 is 0 Å². The van der Waals surface area contributed by atoms with Crippen molar-refractivity contribution >= 4 is 11.3 Å². The fourth-order valence-corrected chi connectivity index (χ4v) is 3.30.